The number of fused-ring (bicyclic) bond motifs is 1. The van der Waals surface area contributed by atoms with Crippen LogP contribution in [0.15, 0.2) is 55.2 Å². The van der Waals surface area contributed by atoms with E-state index in [9.17, 15) is 9.90 Å². The molecule has 1 atom stereocenters. The second-order valence-corrected chi connectivity index (χ2v) is 14.2. The molecular weight excluding hydrogens is 602 g/mol. The molecule has 10 nitrogen and oxygen atoms in total. The van der Waals surface area contributed by atoms with Crippen molar-refractivity contribution in [1.29, 1.82) is 0 Å². The standard InChI is InChI=1S/C35H40ClN7O3/c1-34(2,3)46-30(32(44)45)28-29(42-16-10-35(4,5)11-17-42)25(19-40-31(28)36)23-6-7-24-21-43(15-9-22(24)18-23)33-39-12-8-26(41-33)27-20-37-13-14-38-27/h6-8,12-14,18-20,30H,9-11,15-17,21H2,1-5H3,(H,44,45)/t30-/m0/s1. The molecule has 6 rings (SSSR count). The van der Waals surface area contributed by atoms with Crippen LogP contribution in [0.3, 0.4) is 0 Å². The van der Waals surface area contributed by atoms with E-state index >= 15 is 0 Å². The zero-order chi connectivity index (χ0) is 32.6. The fourth-order valence-corrected chi connectivity index (χ4v) is 6.40. The van der Waals surface area contributed by atoms with E-state index in [0.717, 1.165) is 61.4 Å². The number of hydrogen-bond acceptors (Lipinski definition) is 9. The van der Waals surface area contributed by atoms with Crippen molar-refractivity contribution in [3.63, 3.8) is 0 Å². The summed E-state index contributed by atoms with van der Waals surface area (Å²) in [4.78, 5) is 39.6. The first-order chi connectivity index (χ1) is 21.9. The zero-order valence-corrected chi connectivity index (χ0v) is 27.8. The van der Waals surface area contributed by atoms with E-state index in [1.807, 2.05) is 26.8 Å². The fourth-order valence-electron chi connectivity index (χ4n) is 6.17. The van der Waals surface area contributed by atoms with Crippen LogP contribution in [0, 0.1) is 5.41 Å². The SMILES string of the molecule is CC1(C)CCN(c2c(-c3ccc4c(c3)CCN(c3nccc(-c5cnccn5)n3)C4)cnc(Cl)c2[C@H](OC(C)(C)C)C(=O)O)CC1. The molecule has 1 fully saturated rings. The second-order valence-electron chi connectivity index (χ2n) is 13.8. The fraction of sp³-hybridized carbons (Fsp3) is 0.429. The normalized spacial score (nSPS) is 17.0. The van der Waals surface area contributed by atoms with Crippen LogP contribution in [-0.4, -0.2) is 61.2 Å². The Kier molecular flexibility index (Phi) is 8.69. The van der Waals surface area contributed by atoms with Gasteiger partial charge < -0.3 is 19.6 Å². The third kappa shape index (κ3) is 6.83. The summed E-state index contributed by atoms with van der Waals surface area (Å²) in [7, 11) is 0. The number of carboxylic acids is 1. The summed E-state index contributed by atoms with van der Waals surface area (Å²) in [6.45, 7) is 13.1. The van der Waals surface area contributed by atoms with Crippen molar-refractivity contribution >= 4 is 29.2 Å². The number of aromatic nitrogens is 5. The number of benzene rings is 1. The Morgan fingerprint density at radius 1 is 0.957 bits per heavy atom. The smallest absolute Gasteiger partial charge is 0.337 e. The van der Waals surface area contributed by atoms with Crippen molar-refractivity contribution in [3.8, 4) is 22.5 Å². The Balaban J connectivity index is 1.36. The van der Waals surface area contributed by atoms with E-state index in [1.165, 1.54) is 11.1 Å². The van der Waals surface area contributed by atoms with Crippen molar-refractivity contribution in [2.45, 2.75) is 72.1 Å². The number of piperidine rings is 1. The number of aliphatic carboxylic acids is 1. The molecule has 0 unspecified atom stereocenters. The van der Waals surface area contributed by atoms with Gasteiger partial charge in [0.15, 0.2) is 6.10 Å². The van der Waals surface area contributed by atoms with Crippen LogP contribution in [0.4, 0.5) is 11.6 Å². The highest BCUT2D eigenvalue weighted by molar-refractivity contribution is 6.31. The first kappa shape index (κ1) is 31.8. The van der Waals surface area contributed by atoms with Gasteiger partial charge in [0, 0.05) is 56.5 Å². The number of carbonyl (C=O) groups is 1. The van der Waals surface area contributed by atoms with Crippen molar-refractivity contribution in [1.82, 2.24) is 24.9 Å². The van der Waals surface area contributed by atoms with Crippen LogP contribution in [-0.2, 0) is 22.5 Å². The van der Waals surface area contributed by atoms with Crippen molar-refractivity contribution in [2.24, 2.45) is 5.41 Å². The Labute approximate surface area is 274 Å². The number of hydrogen-bond donors (Lipinski definition) is 1. The molecule has 2 aliphatic heterocycles. The maximum Gasteiger partial charge on any atom is 0.337 e. The lowest BCUT2D eigenvalue weighted by Gasteiger charge is -2.40. The average Bonchev–Trinajstić information content (AvgIpc) is 3.03. The number of pyridine rings is 1. The monoisotopic (exact) mass is 641 g/mol. The molecule has 0 radical (unpaired) electrons. The van der Waals surface area contributed by atoms with Crippen LogP contribution >= 0.6 is 11.6 Å². The highest BCUT2D eigenvalue weighted by Crippen LogP contribution is 2.45. The summed E-state index contributed by atoms with van der Waals surface area (Å²) < 4.78 is 6.14. The summed E-state index contributed by atoms with van der Waals surface area (Å²) >= 11 is 6.77. The van der Waals surface area contributed by atoms with E-state index in [-0.39, 0.29) is 10.6 Å². The van der Waals surface area contributed by atoms with Gasteiger partial charge in [0.2, 0.25) is 5.95 Å². The number of rotatable bonds is 7. The van der Waals surface area contributed by atoms with E-state index in [2.05, 4.69) is 61.8 Å². The molecular formula is C35H40ClN7O3. The van der Waals surface area contributed by atoms with E-state index < -0.39 is 17.7 Å². The minimum atomic E-state index is -1.27. The highest BCUT2D eigenvalue weighted by atomic mass is 35.5. The van der Waals surface area contributed by atoms with Gasteiger partial charge in [-0.15, -0.1) is 0 Å². The largest absolute Gasteiger partial charge is 0.479 e. The second kappa shape index (κ2) is 12.6. The predicted octanol–water partition coefficient (Wildman–Crippen LogP) is 6.78. The highest BCUT2D eigenvalue weighted by Gasteiger charge is 2.36. The lowest BCUT2D eigenvalue weighted by atomic mass is 9.82. The molecule has 3 aromatic heterocycles. The van der Waals surface area contributed by atoms with Gasteiger partial charge >= 0.3 is 5.97 Å². The van der Waals surface area contributed by atoms with Crippen LogP contribution in [0.2, 0.25) is 5.15 Å². The molecule has 11 heteroatoms. The first-order valence-corrected chi connectivity index (χ1v) is 16.1. The molecule has 1 aromatic carbocycles. The summed E-state index contributed by atoms with van der Waals surface area (Å²) in [5, 5.41) is 10.5. The van der Waals surface area contributed by atoms with Gasteiger partial charge in [-0.1, -0.05) is 43.6 Å². The Morgan fingerprint density at radius 3 is 2.43 bits per heavy atom. The number of carboxylic acid groups (broad SMARTS) is 1. The molecule has 4 aromatic rings. The summed E-state index contributed by atoms with van der Waals surface area (Å²) in [6, 6.07) is 8.27. The van der Waals surface area contributed by atoms with Crippen molar-refractivity contribution in [2.75, 3.05) is 29.4 Å². The molecule has 1 saturated heterocycles. The molecule has 0 spiro atoms. The van der Waals surface area contributed by atoms with Gasteiger partial charge in [-0.3, -0.25) is 9.97 Å². The average molecular weight is 642 g/mol. The molecule has 5 heterocycles. The molecule has 1 N–H and O–H groups in total. The summed E-state index contributed by atoms with van der Waals surface area (Å²) in [5.41, 5.74) is 6.36. The van der Waals surface area contributed by atoms with E-state index in [4.69, 9.17) is 21.3 Å². The maximum atomic E-state index is 12.7. The summed E-state index contributed by atoms with van der Waals surface area (Å²) in [6.07, 6.45) is 10.0. The van der Waals surface area contributed by atoms with Gasteiger partial charge in [0.25, 0.3) is 0 Å². The van der Waals surface area contributed by atoms with Gasteiger partial charge in [0.05, 0.1) is 28.7 Å². The minimum Gasteiger partial charge on any atom is -0.479 e. The van der Waals surface area contributed by atoms with Crippen LogP contribution in [0.5, 0.6) is 0 Å². The quantitative estimate of drug-likeness (QED) is 0.216. The van der Waals surface area contributed by atoms with Crippen molar-refractivity contribution < 1.29 is 14.6 Å². The molecule has 0 amide bonds. The van der Waals surface area contributed by atoms with Gasteiger partial charge in [-0.2, -0.15) is 0 Å². The molecule has 46 heavy (non-hydrogen) atoms. The minimum absolute atomic E-state index is 0.151. The van der Waals surface area contributed by atoms with E-state index in [0.29, 0.717) is 23.8 Å². The molecule has 240 valence electrons. The first-order valence-electron chi connectivity index (χ1n) is 15.7. The summed E-state index contributed by atoms with van der Waals surface area (Å²) in [5.74, 6) is -0.441. The third-order valence-electron chi connectivity index (χ3n) is 8.71. The zero-order valence-electron chi connectivity index (χ0n) is 27.0. The van der Waals surface area contributed by atoms with E-state index in [1.54, 1.807) is 31.0 Å². The van der Waals surface area contributed by atoms with Gasteiger partial charge in [0.1, 0.15) is 10.8 Å². The predicted molar refractivity (Wildman–Crippen MR) is 179 cm³/mol. The molecule has 0 saturated carbocycles. The number of ether oxygens (including phenoxy) is 1. The Bertz CT molecular complexity index is 1730. The molecule has 0 bridgehead atoms. The van der Waals surface area contributed by atoms with Crippen LogP contribution in [0.25, 0.3) is 22.5 Å². The van der Waals surface area contributed by atoms with Crippen molar-refractivity contribution in [3.05, 3.63) is 77.1 Å². The lowest BCUT2D eigenvalue weighted by Crippen LogP contribution is -2.39. The van der Waals surface area contributed by atoms with Crippen LogP contribution in [0.1, 0.15) is 70.3 Å². The maximum absolute atomic E-state index is 12.7. The van der Waals surface area contributed by atoms with Crippen LogP contribution < -0.4 is 9.80 Å². The number of anilines is 2. The number of halogens is 1. The Hall–Kier alpha value is -4.15. The third-order valence-corrected chi connectivity index (χ3v) is 9.01. The topological polar surface area (TPSA) is 117 Å². The molecule has 2 aliphatic rings. The number of nitrogens with zero attached hydrogens (tertiary/aromatic N) is 7. The van der Waals surface area contributed by atoms with Gasteiger partial charge in [-0.05, 0) is 68.2 Å². The lowest BCUT2D eigenvalue weighted by molar-refractivity contribution is -0.160. The van der Waals surface area contributed by atoms with Gasteiger partial charge in [-0.25, -0.2) is 19.7 Å². The molecule has 0 aliphatic carbocycles. The Morgan fingerprint density at radius 2 is 1.74 bits per heavy atom.